The monoisotopic (exact) mass is 258 g/mol. The fourth-order valence-corrected chi connectivity index (χ4v) is 1.64. The Labute approximate surface area is 106 Å². The molecule has 0 radical (unpaired) electrons. The summed E-state index contributed by atoms with van der Waals surface area (Å²) in [6.45, 7) is 0. The first-order valence-electron chi connectivity index (χ1n) is 5.45. The van der Waals surface area contributed by atoms with Crippen LogP contribution in [-0.2, 0) is 7.05 Å². The summed E-state index contributed by atoms with van der Waals surface area (Å²) in [6, 6.07) is 5.02. The average molecular weight is 258 g/mol. The summed E-state index contributed by atoms with van der Waals surface area (Å²) in [5.74, 6) is 0. The van der Waals surface area contributed by atoms with E-state index in [1.54, 1.807) is 25.2 Å². The average Bonchev–Trinajstić information content (AvgIpc) is 2.76. The third kappa shape index (κ3) is 2.10. The van der Waals surface area contributed by atoms with Gasteiger partial charge < -0.3 is 10.5 Å². The van der Waals surface area contributed by atoms with E-state index in [4.69, 9.17) is 10.5 Å². The van der Waals surface area contributed by atoms with Gasteiger partial charge in [0.25, 0.3) is 5.56 Å². The minimum absolute atomic E-state index is 0.0356. The van der Waals surface area contributed by atoms with Crippen molar-refractivity contribution in [2.75, 3.05) is 5.73 Å². The van der Waals surface area contributed by atoms with Gasteiger partial charge in [0.15, 0.2) is 0 Å². The number of fused-ring (bicyclic) bond motifs is 1. The number of nitrogens with one attached hydrogen (secondary N) is 1. The van der Waals surface area contributed by atoms with Gasteiger partial charge in [0.05, 0.1) is 10.9 Å². The minimum Gasteiger partial charge on any atom is -0.399 e. The maximum atomic E-state index is 11.9. The van der Waals surface area contributed by atoms with Crippen LogP contribution < -0.4 is 16.0 Å². The third-order valence-corrected chi connectivity index (χ3v) is 2.47. The first kappa shape index (κ1) is 11.2. The van der Waals surface area contributed by atoms with Crippen molar-refractivity contribution in [3.05, 3.63) is 34.9 Å². The van der Waals surface area contributed by atoms with Gasteiger partial charge in [-0.05, 0) is 18.2 Å². The van der Waals surface area contributed by atoms with Gasteiger partial charge in [-0.1, -0.05) is 0 Å². The molecule has 3 N–H and O–H groups in total. The van der Waals surface area contributed by atoms with Gasteiger partial charge in [0.2, 0.25) is 0 Å². The van der Waals surface area contributed by atoms with Crippen molar-refractivity contribution < 1.29 is 4.74 Å². The zero-order valence-electron chi connectivity index (χ0n) is 9.99. The topological polar surface area (TPSA) is 112 Å². The van der Waals surface area contributed by atoms with Crippen LogP contribution in [0.25, 0.3) is 10.9 Å². The van der Waals surface area contributed by atoms with E-state index in [1.165, 1.54) is 11.0 Å². The van der Waals surface area contributed by atoms with Crippen LogP contribution in [0, 0.1) is 0 Å². The van der Waals surface area contributed by atoms with E-state index in [0.717, 1.165) is 0 Å². The molecular weight excluding hydrogens is 248 g/mol. The molecule has 0 atom stereocenters. The minimum atomic E-state index is -0.330. The molecule has 1 aromatic carbocycles. The number of aromatic nitrogens is 5. The highest BCUT2D eigenvalue weighted by molar-refractivity contribution is 5.81. The van der Waals surface area contributed by atoms with Crippen LogP contribution in [0.1, 0.15) is 0 Å². The SMILES string of the molecule is Cn1cnc(Oc2nc3ccc(N)cc3c(=O)[nH]2)n1. The number of ether oxygens (including phenoxy) is 1. The molecule has 0 aliphatic heterocycles. The molecular formula is C11H10N6O2. The summed E-state index contributed by atoms with van der Waals surface area (Å²) < 4.78 is 6.76. The molecule has 3 rings (SSSR count). The number of aryl methyl sites for hydroxylation is 1. The van der Waals surface area contributed by atoms with E-state index in [0.29, 0.717) is 16.6 Å². The molecule has 2 aromatic heterocycles. The molecule has 0 amide bonds. The number of hydrogen-bond acceptors (Lipinski definition) is 6. The second-order valence-corrected chi connectivity index (χ2v) is 3.95. The molecule has 0 saturated carbocycles. The third-order valence-electron chi connectivity index (χ3n) is 2.47. The highest BCUT2D eigenvalue weighted by atomic mass is 16.5. The summed E-state index contributed by atoms with van der Waals surface area (Å²) in [5.41, 5.74) is 6.28. The van der Waals surface area contributed by atoms with E-state index in [1.807, 2.05) is 0 Å². The normalized spacial score (nSPS) is 10.8. The van der Waals surface area contributed by atoms with Crippen molar-refractivity contribution in [2.45, 2.75) is 0 Å². The number of aromatic amines is 1. The molecule has 0 bridgehead atoms. The first-order valence-corrected chi connectivity index (χ1v) is 5.45. The Balaban J connectivity index is 2.06. The predicted molar refractivity (Wildman–Crippen MR) is 67.9 cm³/mol. The number of nitrogen functional groups attached to an aromatic ring is 1. The zero-order chi connectivity index (χ0) is 13.4. The van der Waals surface area contributed by atoms with E-state index < -0.39 is 0 Å². The second kappa shape index (κ2) is 4.09. The number of rotatable bonds is 2. The molecule has 96 valence electrons. The summed E-state index contributed by atoms with van der Waals surface area (Å²) >= 11 is 0. The summed E-state index contributed by atoms with van der Waals surface area (Å²) in [5, 5.41) is 4.34. The molecule has 0 aliphatic rings. The number of nitrogens with two attached hydrogens (primary N) is 1. The number of anilines is 1. The second-order valence-electron chi connectivity index (χ2n) is 3.95. The van der Waals surface area contributed by atoms with Gasteiger partial charge in [-0.2, -0.15) is 9.97 Å². The maximum absolute atomic E-state index is 11.9. The van der Waals surface area contributed by atoms with Gasteiger partial charge in [0, 0.05) is 12.7 Å². The molecule has 0 spiro atoms. The largest absolute Gasteiger partial charge is 0.399 e. The molecule has 3 aromatic rings. The quantitative estimate of drug-likeness (QED) is 0.644. The van der Waals surface area contributed by atoms with Gasteiger partial charge in [-0.15, -0.1) is 5.10 Å². The molecule has 0 aliphatic carbocycles. The number of H-pyrrole nitrogens is 1. The van der Waals surface area contributed by atoms with Crippen LogP contribution in [-0.4, -0.2) is 24.7 Å². The van der Waals surface area contributed by atoms with Crippen molar-refractivity contribution >= 4 is 16.6 Å². The van der Waals surface area contributed by atoms with Crippen molar-refractivity contribution in [2.24, 2.45) is 7.05 Å². The molecule has 2 heterocycles. The Morgan fingerprint density at radius 3 is 3.00 bits per heavy atom. The van der Waals surface area contributed by atoms with Crippen LogP contribution in [0.5, 0.6) is 12.0 Å². The molecule has 8 heteroatoms. The predicted octanol–water partition coefficient (Wildman–Crippen LogP) is 0.426. The lowest BCUT2D eigenvalue weighted by Gasteiger charge is -2.02. The summed E-state index contributed by atoms with van der Waals surface area (Å²) in [4.78, 5) is 22.4. The lowest BCUT2D eigenvalue weighted by Crippen LogP contribution is -2.10. The Kier molecular flexibility index (Phi) is 2.41. The van der Waals surface area contributed by atoms with Gasteiger partial charge in [-0.3, -0.25) is 14.5 Å². The number of nitrogens with zero attached hydrogens (tertiary/aromatic N) is 4. The van der Waals surface area contributed by atoms with E-state index in [2.05, 4.69) is 20.1 Å². The number of benzene rings is 1. The first-order chi connectivity index (χ1) is 9.11. The molecule has 0 unspecified atom stereocenters. The fourth-order valence-electron chi connectivity index (χ4n) is 1.64. The zero-order valence-corrected chi connectivity index (χ0v) is 9.99. The Morgan fingerprint density at radius 1 is 1.42 bits per heavy atom. The molecule has 8 nitrogen and oxygen atoms in total. The molecule has 19 heavy (non-hydrogen) atoms. The smallest absolute Gasteiger partial charge is 0.343 e. The highest BCUT2D eigenvalue weighted by Crippen LogP contribution is 2.16. The fraction of sp³-hybridized carbons (Fsp3) is 0.0909. The molecule has 0 saturated heterocycles. The van der Waals surface area contributed by atoms with E-state index in [9.17, 15) is 4.79 Å². The lowest BCUT2D eigenvalue weighted by atomic mass is 10.2. The van der Waals surface area contributed by atoms with E-state index >= 15 is 0 Å². The van der Waals surface area contributed by atoms with Gasteiger partial charge >= 0.3 is 12.0 Å². The standard InChI is InChI=1S/C11H10N6O2/c1-17-5-13-10(16-17)19-11-14-8-3-2-6(12)4-7(8)9(18)15-11/h2-5H,12H2,1H3,(H,14,15,18). The van der Waals surface area contributed by atoms with Crippen LogP contribution in [0.4, 0.5) is 5.69 Å². The van der Waals surface area contributed by atoms with Crippen molar-refractivity contribution in [1.29, 1.82) is 0 Å². The van der Waals surface area contributed by atoms with Crippen LogP contribution in [0.3, 0.4) is 0 Å². The highest BCUT2D eigenvalue weighted by Gasteiger charge is 2.08. The van der Waals surface area contributed by atoms with Crippen LogP contribution in [0.15, 0.2) is 29.3 Å². The van der Waals surface area contributed by atoms with Gasteiger partial charge in [-0.25, -0.2) is 0 Å². The summed E-state index contributed by atoms with van der Waals surface area (Å²) in [6.07, 6.45) is 1.48. The maximum Gasteiger partial charge on any atom is 0.343 e. The van der Waals surface area contributed by atoms with Crippen LogP contribution in [0.2, 0.25) is 0 Å². The van der Waals surface area contributed by atoms with Crippen LogP contribution >= 0.6 is 0 Å². The van der Waals surface area contributed by atoms with Crippen molar-refractivity contribution in [1.82, 2.24) is 24.7 Å². The summed E-state index contributed by atoms with van der Waals surface area (Å²) in [7, 11) is 1.71. The molecule has 0 fully saturated rings. The Morgan fingerprint density at radius 2 is 2.26 bits per heavy atom. The van der Waals surface area contributed by atoms with Gasteiger partial charge in [0.1, 0.15) is 6.33 Å². The Hall–Kier alpha value is -2.90. The Bertz CT molecular complexity index is 806. The number of hydrogen-bond donors (Lipinski definition) is 2. The van der Waals surface area contributed by atoms with Crippen molar-refractivity contribution in [3.63, 3.8) is 0 Å². The van der Waals surface area contributed by atoms with E-state index in [-0.39, 0.29) is 17.6 Å². The lowest BCUT2D eigenvalue weighted by molar-refractivity contribution is 0.405. The van der Waals surface area contributed by atoms with Crippen molar-refractivity contribution in [3.8, 4) is 12.0 Å².